The molecule has 1 aliphatic rings. The fraction of sp³-hybridized carbons (Fsp3) is 0.237. The molecule has 0 N–H and O–H groups in total. The number of nitrogens with zero attached hydrogens (tertiary/aromatic N) is 1. The van der Waals surface area contributed by atoms with Crippen molar-refractivity contribution in [1.82, 2.24) is 4.31 Å². The molecular formula is C38H37NO4S. The predicted octanol–water partition coefficient (Wildman–Crippen LogP) is 7.07. The number of rotatable bonds is 11. The highest BCUT2D eigenvalue weighted by Gasteiger charge is 2.50. The van der Waals surface area contributed by atoms with E-state index < -0.39 is 21.7 Å². The normalized spacial score (nSPS) is 15.2. The molecule has 5 rings (SSSR count). The van der Waals surface area contributed by atoms with Crippen molar-refractivity contribution in [2.24, 2.45) is 5.92 Å². The third-order valence-electron chi connectivity index (χ3n) is 8.09. The van der Waals surface area contributed by atoms with Crippen LogP contribution in [0.1, 0.15) is 41.5 Å². The minimum Gasteiger partial charge on any atom is -0.439 e. The minimum absolute atomic E-state index is 0.0176. The van der Waals surface area contributed by atoms with Gasteiger partial charge in [0.05, 0.1) is 16.9 Å². The number of benzene rings is 4. The monoisotopic (exact) mass is 603 g/mol. The number of hydrogen-bond acceptors (Lipinski definition) is 4. The fourth-order valence-corrected chi connectivity index (χ4v) is 7.02. The molecule has 44 heavy (non-hydrogen) atoms. The Hall–Kier alpha value is -4.44. The van der Waals surface area contributed by atoms with Gasteiger partial charge in [0, 0.05) is 17.7 Å². The van der Waals surface area contributed by atoms with Crippen molar-refractivity contribution in [3.05, 3.63) is 150 Å². The maximum absolute atomic E-state index is 14.6. The van der Waals surface area contributed by atoms with E-state index in [1.807, 2.05) is 97.9 Å². The number of ether oxygens (including phenoxy) is 1. The van der Waals surface area contributed by atoms with Crippen LogP contribution in [0.25, 0.3) is 0 Å². The Kier molecular flexibility index (Phi) is 9.79. The lowest BCUT2D eigenvalue weighted by molar-refractivity contribution is -0.168. The molecule has 6 heteroatoms. The zero-order valence-corrected chi connectivity index (χ0v) is 25.7. The molecule has 0 aliphatic heterocycles. The Morgan fingerprint density at radius 3 is 2.09 bits per heavy atom. The summed E-state index contributed by atoms with van der Waals surface area (Å²) in [5, 5.41) is 0. The summed E-state index contributed by atoms with van der Waals surface area (Å²) in [7, 11) is -4.12. The summed E-state index contributed by atoms with van der Waals surface area (Å²) in [5.41, 5.74) is 1.50. The van der Waals surface area contributed by atoms with Crippen molar-refractivity contribution in [2.75, 3.05) is 6.54 Å². The number of esters is 1. The molecule has 0 amide bonds. The van der Waals surface area contributed by atoms with E-state index in [1.165, 1.54) is 4.31 Å². The number of sulfonamides is 1. The van der Waals surface area contributed by atoms with Gasteiger partial charge in [-0.15, -0.1) is 6.58 Å². The summed E-state index contributed by atoms with van der Waals surface area (Å²) >= 11 is 0. The van der Waals surface area contributed by atoms with Crippen molar-refractivity contribution in [3.8, 4) is 11.8 Å². The van der Waals surface area contributed by atoms with E-state index in [0.717, 1.165) is 36.0 Å². The molecule has 5 nitrogen and oxygen atoms in total. The maximum Gasteiger partial charge on any atom is 0.310 e. The summed E-state index contributed by atoms with van der Waals surface area (Å²) in [6.45, 7) is 5.82. The zero-order valence-electron chi connectivity index (χ0n) is 24.9. The van der Waals surface area contributed by atoms with Gasteiger partial charge in [0.2, 0.25) is 15.6 Å². The Morgan fingerprint density at radius 1 is 0.932 bits per heavy atom. The molecule has 1 fully saturated rings. The van der Waals surface area contributed by atoms with Crippen LogP contribution < -0.4 is 0 Å². The average molecular weight is 604 g/mol. The highest BCUT2D eigenvalue weighted by atomic mass is 32.2. The summed E-state index contributed by atoms with van der Waals surface area (Å²) in [6.07, 6.45) is 4.22. The second-order valence-electron chi connectivity index (χ2n) is 11.1. The van der Waals surface area contributed by atoms with Crippen molar-refractivity contribution >= 4 is 16.0 Å². The average Bonchev–Trinajstić information content (AvgIpc) is 3.02. The largest absolute Gasteiger partial charge is 0.439 e. The first-order valence-corrected chi connectivity index (χ1v) is 16.4. The lowest BCUT2D eigenvalue weighted by atomic mass is 9.81. The highest BCUT2D eigenvalue weighted by Crippen LogP contribution is 2.40. The molecule has 224 valence electrons. The van der Waals surface area contributed by atoms with Gasteiger partial charge in [-0.05, 0) is 61.9 Å². The minimum atomic E-state index is -4.12. The van der Waals surface area contributed by atoms with Crippen LogP contribution in [0.5, 0.6) is 0 Å². The first-order chi connectivity index (χ1) is 21.3. The Morgan fingerprint density at radius 2 is 1.52 bits per heavy atom. The van der Waals surface area contributed by atoms with E-state index in [-0.39, 0.29) is 29.7 Å². The number of aryl methyl sites for hydroxylation is 1. The van der Waals surface area contributed by atoms with E-state index in [4.69, 9.17) is 4.74 Å². The van der Waals surface area contributed by atoms with Crippen LogP contribution in [0.2, 0.25) is 0 Å². The zero-order chi connectivity index (χ0) is 31.0. The molecule has 0 heterocycles. The third-order valence-corrected chi connectivity index (χ3v) is 9.98. The summed E-state index contributed by atoms with van der Waals surface area (Å²) in [6, 6.07) is 34.2. The van der Waals surface area contributed by atoms with E-state index >= 15 is 0 Å². The van der Waals surface area contributed by atoms with E-state index in [0.29, 0.717) is 5.56 Å². The topological polar surface area (TPSA) is 63.7 Å². The number of carbonyl (C=O) groups excluding carboxylic acids is 1. The highest BCUT2D eigenvalue weighted by molar-refractivity contribution is 7.89. The van der Waals surface area contributed by atoms with Crippen LogP contribution in [0.15, 0.2) is 133 Å². The van der Waals surface area contributed by atoms with Gasteiger partial charge in [0.1, 0.15) is 0 Å². The van der Waals surface area contributed by atoms with Gasteiger partial charge in [-0.25, -0.2) is 8.42 Å². The second-order valence-corrected chi connectivity index (χ2v) is 13.0. The molecule has 1 saturated carbocycles. The van der Waals surface area contributed by atoms with Gasteiger partial charge in [-0.1, -0.05) is 115 Å². The lowest BCUT2D eigenvalue weighted by Crippen LogP contribution is -2.56. The van der Waals surface area contributed by atoms with E-state index in [1.54, 1.807) is 30.3 Å². The van der Waals surface area contributed by atoms with Crippen LogP contribution in [0.4, 0.5) is 0 Å². The summed E-state index contributed by atoms with van der Waals surface area (Å²) in [5.74, 6) is 5.99. The molecule has 1 aliphatic carbocycles. The Bertz CT molecular complexity index is 1720. The van der Waals surface area contributed by atoms with Crippen LogP contribution in [-0.4, -0.2) is 31.3 Å². The SMILES string of the molecule is C=CCN([C@@H](Cc1ccccc1)C(C#Cc1ccccc1)(OC(=O)C1CCC1)c1ccccc1)S(=O)(=O)c1ccc(C)cc1. The molecule has 1 unspecified atom stereocenters. The summed E-state index contributed by atoms with van der Waals surface area (Å²) in [4.78, 5) is 14.0. The van der Waals surface area contributed by atoms with Gasteiger partial charge >= 0.3 is 5.97 Å². The number of carbonyl (C=O) groups is 1. The lowest BCUT2D eigenvalue weighted by Gasteiger charge is -2.43. The van der Waals surface area contributed by atoms with Gasteiger partial charge in [-0.2, -0.15) is 4.31 Å². The quantitative estimate of drug-likeness (QED) is 0.105. The molecule has 4 aromatic carbocycles. The van der Waals surface area contributed by atoms with Crippen molar-refractivity contribution in [1.29, 1.82) is 0 Å². The van der Waals surface area contributed by atoms with E-state index in [2.05, 4.69) is 18.4 Å². The molecule has 0 radical (unpaired) electrons. The van der Waals surface area contributed by atoms with Crippen molar-refractivity contribution in [3.63, 3.8) is 0 Å². The van der Waals surface area contributed by atoms with Crippen molar-refractivity contribution < 1.29 is 17.9 Å². The van der Waals surface area contributed by atoms with Crippen molar-refractivity contribution in [2.45, 2.75) is 49.1 Å². The molecule has 0 bridgehead atoms. The standard InChI is InChI=1S/C38H37NO4S/c1-3-28-39(44(41,42)35-24-22-30(2)23-25-35)36(29-32-16-9-5-10-17-32)38(34-20-11-6-12-21-34,43-37(40)33-18-13-19-33)27-26-31-14-7-4-8-15-31/h3-12,14-17,20-25,33,36H,1,13,18-19,28-29H2,2H3/t36-,38?/m0/s1. The molecule has 0 spiro atoms. The van der Waals surface area contributed by atoms with Crippen LogP contribution in [-0.2, 0) is 31.6 Å². The van der Waals surface area contributed by atoms with Gasteiger partial charge in [0.25, 0.3) is 0 Å². The first-order valence-electron chi connectivity index (χ1n) is 14.9. The Labute approximate surface area is 261 Å². The van der Waals surface area contributed by atoms with Gasteiger partial charge < -0.3 is 4.74 Å². The van der Waals surface area contributed by atoms with E-state index in [9.17, 15) is 13.2 Å². The molecule has 2 atom stereocenters. The molecular weight excluding hydrogens is 566 g/mol. The van der Waals surface area contributed by atoms with Crippen LogP contribution in [0.3, 0.4) is 0 Å². The van der Waals surface area contributed by atoms with Gasteiger partial charge in [0.15, 0.2) is 0 Å². The summed E-state index contributed by atoms with van der Waals surface area (Å²) < 4.78 is 37.2. The fourth-order valence-electron chi connectivity index (χ4n) is 5.41. The molecule has 0 saturated heterocycles. The third kappa shape index (κ3) is 6.86. The predicted molar refractivity (Wildman–Crippen MR) is 174 cm³/mol. The second kappa shape index (κ2) is 13.9. The first kappa shape index (κ1) is 31.0. The number of hydrogen-bond donors (Lipinski definition) is 0. The molecule has 0 aromatic heterocycles. The van der Waals surface area contributed by atoms with Crippen LogP contribution in [0, 0.1) is 24.7 Å². The smallest absolute Gasteiger partial charge is 0.310 e. The maximum atomic E-state index is 14.6. The Balaban J connectivity index is 1.79. The molecule has 4 aromatic rings. The van der Waals surface area contributed by atoms with Crippen LogP contribution >= 0.6 is 0 Å². The van der Waals surface area contributed by atoms with Gasteiger partial charge in [-0.3, -0.25) is 4.79 Å².